The molecule has 5 rings (SSSR count). The maximum absolute atomic E-state index is 10.7. The average molecular weight is 360 g/mol. The number of rotatable bonds is 2. The van der Waals surface area contributed by atoms with E-state index in [9.17, 15) is 5.11 Å². The minimum atomic E-state index is 0.114. The van der Waals surface area contributed by atoms with Gasteiger partial charge in [0.1, 0.15) is 0 Å². The third-order valence-corrected chi connectivity index (χ3v) is 5.06. The molecule has 0 aliphatic carbocycles. The van der Waals surface area contributed by atoms with Crippen LogP contribution < -0.4 is 19.3 Å². The molecule has 136 valence electrons. The molecule has 2 aliphatic rings. The van der Waals surface area contributed by atoms with Gasteiger partial charge in [-0.25, -0.2) is 0 Å². The first-order chi connectivity index (χ1) is 13.3. The van der Waals surface area contributed by atoms with E-state index in [1.807, 2.05) is 36.4 Å². The molecule has 5 nitrogen and oxygen atoms in total. The number of benzene rings is 3. The molecular weight excluding hydrogens is 340 g/mol. The quantitative estimate of drug-likeness (QED) is 0.745. The monoisotopic (exact) mass is 360 g/mol. The average Bonchev–Trinajstić information content (AvgIpc) is 2.74. The number of hydrogen-bond donors (Lipinski definition) is 1. The van der Waals surface area contributed by atoms with E-state index in [-0.39, 0.29) is 5.75 Å². The molecule has 5 heteroatoms. The van der Waals surface area contributed by atoms with Crippen LogP contribution in [0.15, 0.2) is 66.7 Å². The standard InChI is InChI=1S/C22H20N2O3/c25-20-21-16(12-23(14-26-21)18-7-3-1-4-8-18)11-17-13-24(15-27-22(17)20)19-9-5-2-6-10-19/h1-11,25H,12-15H2. The number of nitrogens with zero attached hydrogens (tertiary/aromatic N) is 2. The lowest BCUT2D eigenvalue weighted by Crippen LogP contribution is -2.34. The van der Waals surface area contributed by atoms with E-state index in [1.54, 1.807) is 0 Å². The minimum Gasteiger partial charge on any atom is -0.502 e. The Bertz CT molecular complexity index is 885. The topological polar surface area (TPSA) is 45.2 Å². The van der Waals surface area contributed by atoms with Crippen molar-refractivity contribution in [3.05, 3.63) is 77.9 Å². The molecule has 0 unspecified atom stereocenters. The van der Waals surface area contributed by atoms with Crippen LogP contribution in [0.2, 0.25) is 0 Å². The minimum absolute atomic E-state index is 0.114. The number of fused-ring (bicyclic) bond motifs is 2. The Morgan fingerprint density at radius 2 is 1.11 bits per heavy atom. The van der Waals surface area contributed by atoms with Crippen LogP contribution in [0.3, 0.4) is 0 Å². The van der Waals surface area contributed by atoms with Crippen LogP contribution in [-0.2, 0) is 13.1 Å². The Hall–Kier alpha value is -3.34. The molecule has 0 saturated heterocycles. The van der Waals surface area contributed by atoms with Crippen LogP contribution in [0.25, 0.3) is 0 Å². The first-order valence-corrected chi connectivity index (χ1v) is 9.03. The largest absolute Gasteiger partial charge is 0.502 e. The van der Waals surface area contributed by atoms with E-state index in [2.05, 4.69) is 40.1 Å². The summed E-state index contributed by atoms with van der Waals surface area (Å²) >= 11 is 0. The summed E-state index contributed by atoms with van der Waals surface area (Å²) in [7, 11) is 0. The van der Waals surface area contributed by atoms with Crippen molar-refractivity contribution in [2.75, 3.05) is 23.3 Å². The summed E-state index contributed by atoms with van der Waals surface area (Å²) in [5, 5.41) is 10.7. The molecule has 0 bridgehead atoms. The molecule has 0 atom stereocenters. The molecule has 27 heavy (non-hydrogen) atoms. The van der Waals surface area contributed by atoms with Crippen LogP contribution >= 0.6 is 0 Å². The van der Waals surface area contributed by atoms with Gasteiger partial charge in [-0.15, -0.1) is 0 Å². The first-order valence-electron chi connectivity index (χ1n) is 9.03. The van der Waals surface area contributed by atoms with Crippen molar-refractivity contribution in [3.63, 3.8) is 0 Å². The van der Waals surface area contributed by atoms with E-state index in [4.69, 9.17) is 9.47 Å². The number of phenolic OH excluding ortho intramolecular Hbond substituents is 1. The van der Waals surface area contributed by atoms with Gasteiger partial charge in [-0.3, -0.25) is 0 Å². The summed E-state index contributed by atoms with van der Waals surface area (Å²) in [6.07, 6.45) is 0. The Morgan fingerprint density at radius 3 is 1.56 bits per heavy atom. The number of anilines is 2. The maximum Gasteiger partial charge on any atom is 0.201 e. The van der Waals surface area contributed by atoms with Gasteiger partial charge in [-0.05, 0) is 30.3 Å². The van der Waals surface area contributed by atoms with Gasteiger partial charge in [0.15, 0.2) is 25.0 Å². The summed E-state index contributed by atoms with van der Waals surface area (Å²) in [4.78, 5) is 4.29. The number of hydrogen-bond acceptors (Lipinski definition) is 5. The van der Waals surface area contributed by atoms with Crippen molar-refractivity contribution in [3.8, 4) is 17.2 Å². The molecule has 0 fully saturated rings. The fourth-order valence-corrected chi connectivity index (χ4v) is 3.70. The van der Waals surface area contributed by atoms with Crippen LogP contribution in [-0.4, -0.2) is 18.6 Å². The lowest BCUT2D eigenvalue weighted by Gasteiger charge is -2.35. The Kier molecular flexibility index (Phi) is 3.78. The molecule has 2 aliphatic heterocycles. The third-order valence-electron chi connectivity index (χ3n) is 5.06. The Morgan fingerprint density at radius 1 is 0.667 bits per heavy atom. The second-order valence-corrected chi connectivity index (χ2v) is 6.82. The normalized spacial score (nSPS) is 15.4. The predicted molar refractivity (Wildman–Crippen MR) is 104 cm³/mol. The lowest BCUT2D eigenvalue weighted by atomic mass is 10.0. The van der Waals surface area contributed by atoms with Crippen molar-refractivity contribution in [1.82, 2.24) is 0 Å². The first kappa shape index (κ1) is 15.9. The molecule has 3 aromatic carbocycles. The van der Waals surface area contributed by atoms with Crippen molar-refractivity contribution in [2.24, 2.45) is 0 Å². The van der Waals surface area contributed by atoms with Crippen molar-refractivity contribution in [2.45, 2.75) is 13.1 Å². The maximum atomic E-state index is 10.7. The van der Waals surface area contributed by atoms with Gasteiger partial charge in [-0.1, -0.05) is 36.4 Å². The highest BCUT2D eigenvalue weighted by Crippen LogP contribution is 2.46. The van der Waals surface area contributed by atoms with E-state index in [0.29, 0.717) is 38.1 Å². The zero-order valence-electron chi connectivity index (χ0n) is 14.8. The molecule has 0 aromatic heterocycles. The highest BCUT2D eigenvalue weighted by Gasteiger charge is 2.29. The number of para-hydroxylation sites is 2. The lowest BCUT2D eigenvalue weighted by molar-refractivity contribution is 0.246. The van der Waals surface area contributed by atoms with Crippen LogP contribution in [0.4, 0.5) is 11.4 Å². The molecule has 0 spiro atoms. The highest BCUT2D eigenvalue weighted by atomic mass is 16.5. The zero-order chi connectivity index (χ0) is 18.2. The third kappa shape index (κ3) is 2.81. The van der Waals surface area contributed by atoms with Gasteiger partial charge in [0.25, 0.3) is 0 Å². The van der Waals surface area contributed by atoms with E-state index >= 15 is 0 Å². The Balaban J connectivity index is 1.47. The molecule has 0 saturated carbocycles. The molecule has 0 radical (unpaired) electrons. The second kappa shape index (κ2) is 6.43. The predicted octanol–water partition coefficient (Wildman–Crippen LogP) is 4.11. The van der Waals surface area contributed by atoms with Crippen LogP contribution in [0.5, 0.6) is 17.2 Å². The summed E-state index contributed by atoms with van der Waals surface area (Å²) in [5.41, 5.74) is 4.14. The van der Waals surface area contributed by atoms with E-state index in [0.717, 1.165) is 22.5 Å². The van der Waals surface area contributed by atoms with Crippen molar-refractivity contribution < 1.29 is 14.6 Å². The summed E-state index contributed by atoms with van der Waals surface area (Å²) in [5.74, 6) is 1.19. The summed E-state index contributed by atoms with van der Waals surface area (Å²) in [6, 6.07) is 22.4. The fraction of sp³-hybridized carbons (Fsp3) is 0.182. The smallest absolute Gasteiger partial charge is 0.201 e. The molecule has 2 heterocycles. The van der Waals surface area contributed by atoms with Gasteiger partial charge < -0.3 is 24.4 Å². The van der Waals surface area contributed by atoms with E-state index in [1.165, 1.54) is 0 Å². The molecule has 0 amide bonds. The van der Waals surface area contributed by atoms with Gasteiger partial charge in [0.2, 0.25) is 5.75 Å². The highest BCUT2D eigenvalue weighted by molar-refractivity contribution is 5.63. The van der Waals surface area contributed by atoms with Crippen LogP contribution in [0, 0.1) is 0 Å². The van der Waals surface area contributed by atoms with Crippen LogP contribution in [0.1, 0.15) is 11.1 Å². The second-order valence-electron chi connectivity index (χ2n) is 6.82. The number of ether oxygens (including phenoxy) is 2. The molecule has 1 N–H and O–H groups in total. The number of phenols is 1. The summed E-state index contributed by atoms with van der Waals surface area (Å²) < 4.78 is 11.8. The SMILES string of the molecule is Oc1c2c(cc3c1OCN(c1ccccc1)C3)CN(c1ccccc1)CO2. The summed E-state index contributed by atoms with van der Waals surface area (Å²) in [6.45, 7) is 2.18. The van der Waals surface area contributed by atoms with Gasteiger partial charge >= 0.3 is 0 Å². The van der Waals surface area contributed by atoms with Crippen molar-refractivity contribution >= 4 is 11.4 Å². The Labute approximate surface area is 158 Å². The van der Waals surface area contributed by atoms with Gasteiger partial charge in [-0.2, -0.15) is 0 Å². The van der Waals surface area contributed by atoms with Gasteiger partial charge in [0.05, 0.1) is 13.1 Å². The molecule has 3 aromatic rings. The molecular formula is C22H20N2O3. The van der Waals surface area contributed by atoms with Crippen molar-refractivity contribution in [1.29, 1.82) is 0 Å². The van der Waals surface area contributed by atoms with Gasteiger partial charge in [0, 0.05) is 22.5 Å². The zero-order valence-corrected chi connectivity index (χ0v) is 14.8. The number of aromatic hydroxyl groups is 1. The fourth-order valence-electron chi connectivity index (χ4n) is 3.70. The van der Waals surface area contributed by atoms with E-state index < -0.39 is 0 Å².